The lowest BCUT2D eigenvalue weighted by molar-refractivity contribution is 0.414. The maximum Gasteiger partial charge on any atom is 0.119 e. The van der Waals surface area contributed by atoms with Crippen molar-refractivity contribution in [1.29, 1.82) is 0 Å². The molecule has 1 unspecified atom stereocenters. The minimum absolute atomic E-state index is 0.00474. The average molecular weight is 388 g/mol. The van der Waals surface area contributed by atoms with Gasteiger partial charge in [-0.25, -0.2) is 4.98 Å². The van der Waals surface area contributed by atoms with E-state index in [-0.39, 0.29) is 6.04 Å². The van der Waals surface area contributed by atoms with Crippen LogP contribution in [-0.2, 0) is 6.42 Å². The van der Waals surface area contributed by atoms with E-state index in [0.29, 0.717) is 0 Å². The van der Waals surface area contributed by atoms with Crippen LogP contribution in [-0.4, -0.2) is 23.6 Å². The fraction of sp³-hybridized carbons (Fsp3) is 0.182. The number of fused-ring (bicyclic) bond motifs is 2. The summed E-state index contributed by atoms with van der Waals surface area (Å²) < 4.78 is 5.49. The first kappa shape index (κ1) is 17.0. The van der Waals surface area contributed by atoms with Crippen LogP contribution in [0.4, 0.5) is 11.4 Å². The van der Waals surface area contributed by atoms with Gasteiger partial charge < -0.3 is 15.4 Å². The van der Waals surface area contributed by atoms with Crippen molar-refractivity contribution in [1.82, 2.24) is 9.97 Å². The summed E-state index contributed by atoms with van der Waals surface area (Å²) in [5.41, 5.74) is 12.5. The van der Waals surface area contributed by atoms with Gasteiger partial charge in [0.25, 0.3) is 0 Å². The van der Waals surface area contributed by atoms with Crippen LogP contribution >= 0.6 is 11.3 Å². The van der Waals surface area contributed by atoms with Gasteiger partial charge in [-0.15, -0.1) is 11.3 Å². The summed E-state index contributed by atoms with van der Waals surface area (Å²) in [7, 11) is 1.68. The van der Waals surface area contributed by atoms with Crippen molar-refractivity contribution in [3.63, 3.8) is 0 Å². The molecule has 0 bridgehead atoms. The zero-order chi connectivity index (χ0) is 19.1. The van der Waals surface area contributed by atoms with Gasteiger partial charge in [-0.05, 0) is 30.3 Å². The number of rotatable bonds is 3. The number of hydrogen-bond acceptors (Lipinski definition) is 6. The molecular formula is C22H20N4OS. The third-order valence-corrected chi connectivity index (χ3v) is 6.30. The van der Waals surface area contributed by atoms with Gasteiger partial charge in [0.05, 0.1) is 29.2 Å². The number of thiazole rings is 1. The maximum atomic E-state index is 6.45. The monoisotopic (exact) mass is 388 g/mol. The molecule has 0 saturated heterocycles. The van der Waals surface area contributed by atoms with Gasteiger partial charge in [0.15, 0.2) is 0 Å². The van der Waals surface area contributed by atoms with Crippen LogP contribution in [0, 0.1) is 0 Å². The fourth-order valence-electron chi connectivity index (χ4n) is 4.03. The van der Waals surface area contributed by atoms with Crippen LogP contribution in [0.5, 0.6) is 5.75 Å². The second-order valence-electron chi connectivity index (χ2n) is 6.88. The standard InChI is InChI=1S/C22H20N4OS/c1-27-15-5-6-18(23)17(11-15)21-22-19(25-13-28-22)8-10-26(21)20-4-2-3-14-12-24-9-7-16(14)20/h2-7,9,11-13,21H,8,10,23H2,1H3. The van der Waals surface area contributed by atoms with Gasteiger partial charge in [-0.1, -0.05) is 12.1 Å². The van der Waals surface area contributed by atoms with Crippen LogP contribution in [0.15, 0.2) is 60.4 Å². The van der Waals surface area contributed by atoms with Crippen LogP contribution in [0.2, 0.25) is 0 Å². The molecule has 6 heteroatoms. The van der Waals surface area contributed by atoms with Crippen molar-refractivity contribution in [2.45, 2.75) is 12.5 Å². The highest BCUT2D eigenvalue weighted by Crippen LogP contribution is 2.44. The molecule has 1 aliphatic rings. The Labute approximate surface area is 167 Å². The molecule has 1 atom stereocenters. The first-order valence-electron chi connectivity index (χ1n) is 9.21. The molecule has 0 aliphatic carbocycles. The molecule has 2 aromatic carbocycles. The third kappa shape index (κ3) is 2.68. The van der Waals surface area contributed by atoms with Gasteiger partial charge >= 0.3 is 0 Å². The maximum absolute atomic E-state index is 6.45. The zero-order valence-corrected chi connectivity index (χ0v) is 16.3. The van der Waals surface area contributed by atoms with Crippen LogP contribution in [0.3, 0.4) is 0 Å². The quantitative estimate of drug-likeness (QED) is 0.526. The van der Waals surface area contributed by atoms with E-state index in [1.54, 1.807) is 18.4 Å². The molecule has 3 heterocycles. The van der Waals surface area contributed by atoms with Crippen molar-refractivity contribution in [3.05, 3.63) is 76.5 Å². The van der Waals surface area contributed by atoms with Crippen LogP contribution in [0.25, 0.3) is 10.8 Å². The lowest BCUT2D eigenvalue weighted by Crippen LogP contribution is -2.36. The summed E-state index contributed by atoms with van der Waals surface area (Å²) >= 11 is 1.69. The minimum atomic E-state index is 0.00474. The summed E-state index contributed by atoms with van der Waals surface area (Å²) in [6.07, 6.45) is 4.68. The summed E-state index contributed by atoms with van der Waals surface area (Å²) in [4.78, 5) is 12.6. The molecule has 4 aromatic rings. The number of hydrogen-bond donors (Lipinski definition) is 1. The summed E-state index contributed by atoms with van der Waals surface area (Å²) in [5.74, 6) is 0.808. The van der Waals surface area contributed by atoms with E-state index in [9.17, 15) is 0 Å². The number of nitrogen functional groups attached to an aromatic ring is 1. The van der Waals surface area contributed by atoms with Crippen LogP contribution in [0.1, 0.15) is 22.2 Å². The molecule has 5 rings (SSSR count). The van der Waals surface area contributed by atoms with Gasteiger partial charge in [0.2, 0.25) is 0 Å². The fourth-order valence-corrected chi connectivity index (χ4v) is 4.99. The molecule has 2 N–H and O–H groups in total. The molecule has 0 spiro atoms. The Morgan fingerprint density at radius 1 is 1.21 bits per heavy atom. The van der Waals surface area contributed by atoms with Gasteiger partial charge in [-0.3, -0.25) is 4.98 Å². The van der Waals surface area contributed by atoms with Crippen molar-refractivity contribution in [2.24, 2.45) is 0 Å². The zero-order valence-electron chi connectivity index (χ0n) is 15.5. The molecule has 0 fully saturated rings. The highest BCUT2D eigenvalue weighted by atomic mass is 32.1. The van der Waals surface area contributed by atoms with E-state index in [2.05, 4.69) is 45.2 Å². The SMILES string of the molecule is COc1ccc(N)c(C2c3scnc3CCN2c2cccc3cnccc23)c1. The number of pyridine rings is 1. The normalized spacial score (nSPS) is 16.2. The Bertz CT molecular complexity index is 1150. The van der Waals surface area contributed by atoms with Crippen molar-refractivity contribution in [3.8, 4) is 5.75 Å². The van der Waals surface area contributed by atoms with Gasteiger partial charge in [-0.2, -0.15) is 0 Å². The van der Waals surface area contributed by atoms with Crippen molar-refractivity contribution < 1.29 is 4.74 Å². The molecule has 0 amide bonds. The Kier molecular flexibility index (Phi) is 4.13. The number of nitrogens with two attached hydrogens (primary N) is 1. The Morgan fingerprint density at radius 2 is 2.14 bits per heavy atom. The van der Waals surface area contributed by atoms with E-state index in [1.807, 2.05) is 30.0 Å². The van der Waals surface area contributed by atoms with Crippen molar-refractivity contribution >= 4 is 33.5 Å². The second-order valence-corrected chi connectivity index (χ2v) is 7.76. The smallest absolute Gasteiger partial charge is 0.119 e. The van der Waals surface area contributed by atoms with E-state index in [1.165, 1.54) is 16.0 Å². The third-order valence-electron chi connectivity index (χ3n) is 5.38. The van der Waals surface area contributed by atoms with Crippen molar-refractivity contribution in [2.75, 3.05) is 24.3 Å². The van der Waals surface area contributed by atoms with E-state index in [4.69, 9.17) is 10.5 Å². The largest absolute Gasteiger partial charge is 0.497 e. The Morgan fingerprint density at radius 3 is 3.04 bits per heavy atom. The number of benzene rings is 2. The molecule has 0 saturated carbocycles. The molecular weight excluding hydrogens is 368 g/mol. The van der Waals surface area contributed by atoms with E-state index in [0.717, 1.165) is 41.0 Å². The van der Waals surface area contributed by atoms with Gasteiger partial charge in [0, 0.05) is 53.1 Å². The average Bonchev–Trinajstić information content (AvgIpc) is 3.22. The number of nitrogens with zero attached hydrogens (tertiary/aromatic N) is 3. The highest BCUT2D eigenvalue weighted by Gasteiger charge is 2.33. The number of aromatic nitrogens is 2. The molecule has 0 radical (unpaired) electrons. The Balaban J connectivity index is 1.73. The number of methoxy groups -OCH3 is 1. The molecule has 28 heavy (non-hydrogen) atoms. The Hall–Kier alpha value is -3.12. The second kappa shape index (κ2) is 6.80. The molecule has 2 aromatic heterocycles. The van der Waals surface area contributed by atoms with Gasteiger partial charge in [0.1, 0.15) is 5.75 Å². The lowest BCUT2D eigenvalue weighted by Gasteiger charge is -2.38. The summed E-state index contributed by atoms with van der Waals surface area (Å²) in [5, 5.41) is 2.32. The topological polar surface area (TPSA) is 64.3 Å². The minimum Gasteiger partial charge on any atom is -0.497 e. The highest BCUT2D eigenvalue weighted by molar-refractivity contribution is 7.09. The number of ether oxygens (including phenoxy) is 1. The predicted molar refractivity (Wildman–Crippen MR) is 114 cm³/mol. The molecule has 1 aliphatic heterocycles. The lowest BCUT2D eigenvalue weighted by atomic mass is 9.94. The van der Waals surface area contributed by atoms with Crippen LogP contribution < -0.4 is 15.4 Å². The van der Waals surface area contributed by atoms with E-state index < -0.39 is 0 Å². The summed E-state index contributed by atoms with van der Waals surface area (Å²) in [6.45, 7) is 0.874. The number of anilines is 2. The van der Waals surface area contributed by atoms with E-state index >= 15 is 0 Å². The predicted octanol–water partition coefficient (Wildman–Crippen LogP) is 4.43. The first-order chi connectivity index (χ1) is 13.8. The molecule has 5 nitrogen and oxygen atoms in total. The summed E-state index contributed by atoms with van der Waals surface area (Å²) in [6, 6.07) is 14.3. The molecule has 140 valence electrons. The first-order valence-corrected chi connectivity index (χ1v) is 10.1.